The maximum absolute atomic E-state index is 13.3. The quantitative estimate of drug-likeness (QED) is 0.131. The first-order chi connectivity index (χ1) is 19.7. The molecule has 0 radical (unpaired) electrons. The number of rotatable bonds is 10. The zero-order chi connectivity index (χ0) is 29.4. The fourth-order valence-corrected chi connectivity index (χ4v) is 5.43. The molecule has 0 aliphatic heterocycles. The highest BCUT2D eigenvalue weighted by molar-refractivity contribution is 8.00. The van der Waals surface area contributed by atoms with Gasteiger partial charge in [-0.3, -0.25) is 14.4 Å². The molecule has 1 unspecified atom stereocenters. The van der Waals surface area contributed by atoms with Crippen LogP contribution in [0, 0.1) is 6.92 Å². The number of ether oxygens (including phenoxy) is 1. The predicted octanol–water partition coefficient (Wildman–Crippen LogP) is 7.25. The number of benzene rings is 3. The molecule has 210 valence electrons. The van der Waals surface area contributed by atoms with Crippen LogP contribution in [0.2, 0.25) is 5.02 Å². The number of halogens is 1. The highest BCUT2D eigenvalue weighted by Crippen LogP contribution is 2.32. The Morgan fingerprint density at radius 2 is 1.78 bits per heavy atom. The van der Waals surface area contributed by atoms with Crippen LogP contribution in [-0.2, 0) is 9.59 Å². The van der Waals surface area contributed by atoms with Crippen molar-refractivity contribution in [2.45, 2.75) is 24.0 Å². The summed E-state index contributed by atoms with van der Waals surface area (Å²) in [5.41, 5.74) is 3.22. The van der Waals surface area contributed by atoms with Crippen LogP contribution < -0.4 is 20.7 Å². The fraction of sp³-hybridized carbons (Fsp3) is 0.129. The number of nitrogens with one attached hydrogen (secondary N) is 3. The second kappa shape index (κ2) is 14.0. The lowest BCUT2D eigenvalue weighted by Gasteiger charge is -2.16. The molecule has 0 aliphatic rings. The van der Waals surface area contributed by atoms with E-state index in [1.807, 2.05) is 35.9 Å². The first kappa shape index (κ1) is 29.9. The van der Waals surface area contributed by atoms with Crippen molar-refractivity contribution in [2.24, 2.45) is 0 Å². The number of hydrogen-bond donors (Lipinski definition) is 3. The average molecular weight is 606 g/mol. The van der Waals surface area contributed by atoms with Crippen LogP contribution in [0.3, 0.4) is 0 Å². The number of anilines is 2. The van der Waals surface area contributed by atoms with E-state index in [9.17, 15) is 14.4 Å². The minimum absolute atomic E-state index is 0.107. The van der Waals surface area contributed by atoms with Gasteiger partial charge >= 0.3 is 0 Å². The molecule has 10 heteroatoms. The second-order valence-electron chi connectivity index (χ2n) is 8.97. The van der Waals surface area contributed by atoms with Crippen LogP contribution in [0.5, 0.6) is 5.75 Å². The van der Waals surface area contributed by atoms with Crippen LogP contribution in [-0.4, -0.2) is 30.1 Å². The van der Waals surface area contributed by atoms with E-state index in [-0.39, 0.29) is 17.5 Å². The first-order valence-electron chi connectivity index (χ1n) is 12.6. The van der Waals surface area contributed by atoms with Gasteiger partial charge in [-0.1, -0.05) is 35.9 Å². The lowest BCUT2D eigenvalue weighted by Crippen LogP contribution is -2.30. The number of hydrogen-bond acceptors (Lipinski definition) is 6. The van der Waals surface area contributed by atoms with Crippen LogP contribution >= 0.6 is 34.7 Å². The van der Waals surface area contributed by atoms with Gasteiger partial charge in [0, 0.05) is 27.2 Å². The van der Waals surface area contributed by atoms with Crippen molar-refractivity contribution in [3.8, 4) is 5.75 Å². The smallest absolute Gasteiger partial charge is 0.272 e. The van der Waals surface area contributed by atoms with E-state index in [4.69, 9.17) is 16.3 Å². The molecule has 3 aromatic carbocycles. The monoisotopic (exact) mass is 605 g/mol. The molecule has 0 aliphatic carbocycles. The average Bonchev–Trinajstić information content (AvgIpc) is 3.48. The van der Waals surface area contributed by atoms with E-state index in [0.29, 0.717) is 27.7 Å². The van der Waals surface area contributed by atoms with Crippen LogP contribution in [0.4, 0.5) is 11.4 Å². The summed E-state index contributed by atoms with van der Waals surface area (Å²) in [7, 11) is 1.52. The molecule has 7 nitrogen and oxygen atoms in total. The lowest BCUT2D eigenvalue weighted by molar-refractivity contribution is -0.115. The van der Waals surface area contributed by atoms with E-state index >= 15 is 0 Å². The number of methoxy groups -OCH3 is 1. The molecule has 4 rings (SSSR count). The summed E-state index contributed by atoms with van der Waals surface area (Å²) in [6.07, 6.45) is 1.63. The first-order valence-corrected chi connectivity index (χ1v) is 14.8. The molecule has 4 aromatic rings. The second-order valence-corrected chi connectivity index (χ2v) is 11.6. The molecule has 3 N–H and O–H groups in total. The molecule has 0 saturated carbocycles. The third kappa shape index (κ3) is 8.23. The Morgan fingerprint density at radius 1 is 1.00 bits per heavy atom. The third-order valence-corrected chi connectivity index (χ3v) is 8.10. The number of aryl methyl sites for hydroxylation is 1. The molecule has 1 aromatic heterocycles. The van der Waals surface area contributed by atoms with Gasteiger partial charge < -0.3 is 20.7 Å². The zero-order valence-corrected chi connectivity index (χ0v) is 25.0. The normalized spacial score (nSPS) is 11.9. The van der Waals surface area contributed by atoms with Gasteiger partial charge in [0.25, 0.3) is 11.8 Å². The van der Waals surface area contributed by atoms with Gasteiger partial charge in [0.2, 0.25) is 5.91 Å². The molecule has 41 heavy (non-hydrogen) atoms. The summed E-state index contributed by atoms with van der Waals surface area (Å²) in [4.78, 5) is 39.8. The Hall–Kier alpha value is -4.05. The van der Waals surface area contributed by atoms with Gasteiger partial charge in [-0.15, -0.1) is 11.8 Å². The maximum atomic E-state index is 13.3. The van der Waals surface area contributed by atoms with Crippen molar-refractivity contribution in [3.05, 3.63) is 111 Å². The standard InChI is InChI=1S/C31H28ClN3O4S2/c1-19-14-26(28(39-3)17-25(19)32)34-29(36)20(2)41-24-11-7-10-23(16-24)33-31(38)27(15-21-12-13-40-18-21)35-30(37)22-8-5-4-6-9-22/h4-18,20H,1-3H3,(H,33,38)(H,34,36)(H,35,37)/b27-15-. The highest BCUT2D eigenvalue weighted by atomic mass is 35.5. The maximum Gasteiger partial charge on any atom is 0.272 e. The molecule has 0 spiro atoms. The van der Waals surface area contributed by atoms with Gasteiger partial charge in [-0.2, -0.15) is 11.3 Å². The minimum atomic E-state index is -0.473. The van der Waals surface area contributed by atoms with Crippen molar-refractivity contribution in [2.75, 3.05) is 17.7 Å². The third-order valence-electron chi connectivity index (χ3n) is 5.90. The summed E-state index contributed by atoms with van der Waals surface area (Å²) in [5, 5.41) is 12.4. The topological polar surface area (TPSA) is 96.5 Å². The molecular weight excluding hydrogens is 578 g/mol. The van der Waals surface area contributed by atoms with Crippen molar-refractivity contribution >= 4 is 69.9 Å². The Kier molecular flexibility index (Phi) is 10.2. The predicted molar refractivity (Wildman–Crippen MR) is 168 cm³/mol. The summed E-state index contributed by atoms with van der Waals surface area (Å²) >= 11 is 9.01. The molecule has 0 saturated heterocycles. The lowest BCUT2D eigenvalue weighted by atomic mass is 10.2. The summed E-state index contributed by atoms with van der Waals surface area (Å²) < 4.78 is 5.36. The largest absolute Gasteiger partial charge is 0.495 e. The van der Waals surface area contributed by atoms with Crippen LogP contribution in [0.25, 0.3) is 6.08 Å². The summed E-state index contributed by atoms with van der Waals surface area (Å²) in [6.45, 7) is 3.64. The minimum Gasteiger partial charge on any atom is -0.495 e. The van der Waals surface area contributed by atoms with Gasteiger partial charge in [-0.25, -0.2) is 0 Å². The van der Waals surface area contributed by atoms with Gasteiger partial charge in [0.05, 0.1) is 18.0 Å². The van der Waals surface area contributed by atoms with E-state index in [1.54, 1.807) is 67.6 Å². The Morgan fingerprint density at radius 3 is 2.49 bits per heavy atom. The SMILES string of the molecule is COc1cc(Cl)c(C)cc1NC(=O)C(C)Sc1cccc(NC(=O)/C(=C/c2ccsc2)NC(=O)c2ccccc2)c1. The number of amides is 3. The number of carbonyl (C=O) groups excluding carboxylic acids is 3. The van der Waals surface area contributed by atoms with Crippen molar-refractivity contribution in [3.63, 3.8) is 0 Å². The Balaban J connectivity index is 1.45. The van der Waals surface area contributed by atoms with Crippen molar-refractivity contribution in [1.82, 2.24) is 5.32 Å². The van der Waals surface area contributed by atoms with E-state index in [2.05, 4.69) is 16.0 Å². The number of carbonyl (C=O) groups is 3. The number of thiophene rings is 1. The molecule has 1 atom stereocenters. The van der Waals surface area contributed by atoms with Gasteiger partial charge in [0.1, 0.15) is 11.4 Å². The zero-order valence-electron chi connectivity index (χ0n) is 22.6. The molecule has 0 bridgehead atoms. The van der Waals surface area contributed by atoms with Gasteiger partial charge in [0.15, 0.2) is 0 Å². The van der Waals surface area contributed by atoms with E-state index in [1.165, 1.54) is 30.2 Å². The van der Waals surface area contributed by atoms with Crippen LogP contribution in [0.1, 0.15) is 28.4 Å². The molecule has 3 amide bonds. The highest BCUT2D eigenvalue weighted by Gasteiger charge is 2.19. The fourth-order valence-electron chi connectivity index (χ4n) is 3.73. The Bertz CT molecular complexity index is 1570. The molecular formula is C31H28ClN3O4S2. The molecule has 0 fully saturated rings. The van der Waals surface area contributed by atoms with E-state index < -0.39 is 11.2 Å². The van der Waals surface area contributed by atoms with Crippen molar-refractivity contribution < 1.29 is 19.1 Å². The van der Waals surface area contributed by atoms with Crippen molar-refractivity contribution in [1.29, 1.82) is 0 Å². The van der Waals surface area contributed by atoms with Gasteiger partial charge in [-0.05, 0) is 84.3 Å². The number of thioether (sulfide) groups is 1. The Labute approximate surface area is 252 Å². The summed E-state index contributed by atoms with van der Waals surface area (Å²) in [6, 6.07) is 21.2. The van der Waals surface area contributed by atoms with Crippen LogP contribution in [0.15, 0.2) is 94.1 Å². The van der Waals surface area contributed by atoms with E-state index in [0.717, 1.165) is 16.0 Å². The summed E-state index contributed by atoms with van der Waals surface area (Å²) in [5.74, 6) is -0.604. The molecule has 1 heterocycles.